The van der Waals surface area contributed by atoms with Crippen LogP contribution in [0.2, 0.25) is 0 Å². The van der Waals surface area contributed by atoms with Gasteiger partial charge in [0.05, 0.1) is 5.69 Å². The van der Waals surface area contributed by atoms with E-state index in [1.54, 1.807) is 10.6 Å². The van der Waals surface area contributed by atoms with Crippen molar-refractivity contribution in [2.45, 2.75) is 96.3 Å². The van der Waals surface area contributed by atoms with Gasteiger partial charge in [0.2, 0.25) is 5.95 Å². The van der Waals surface area contributed by atoms with Crippen LogP contribution >= 0.6 is 0 Å². The van der Waals surface area contributed by atoms with Crippen LogP contribution < -0.4 is 45.5 Å². The third-order valence-corrected chi connectivity index (χ3v) is 6.99. The van der Waals surface area contributed by atoms with Gasteiger partial charge in [-0.25, -0.2) is 9.55 Å². The number of hydrogen-bond acceptors (Lipinski definition) is 5. The van der Waals surface area contributed by atoms with Gasteiger partial charge in [0.1, 0.15) is 0 Å². The number of carboxylic acid groups (broad SMARTS) is 1. The summed E-state index contributed by atoms with van der Waals surface area (Å²) < 4.78 is 1.63. The zero-order valence-electron chi connectivity index (χ0n) is 24.7. The van der Waals surface area contributed by atoms with Gasteiger partial charge in [-0.15, -0.1) is 0 Å². The summed E-state index contributed by atoms with van der Waals surface area (Å²) in [4.78, 5) is 28.3. The molecule has 1 heterocycles. The zero-order chi connectivity index (χ0) is 28.3. The number of carbonyl (C=O) groups is 1. The number of carbonyl (C=O) groups excluding carboxylic acids is 1. The number of hydrogen-bond donors (Lipinski definition) is 1. The summed E-state index contributed by atoms with van der Waals surface area (Å²) in [6.07, 6.45) is 20.1. The minimum atomic E-state index is -0.936. The van der Waals surface area contributed by atoms with Crippen molar-refractivity contribution in [3.05, 3.63) is 94.9 Å². The second-order valence-electron chi connectivity index (χ2n) is 10.4. The quantitative estimate of drug-likeness (QED) is 0.126. The number of nitrogens with zero attached hydrogens (tertiary/aromatic N) is 2. The Morgan fingerprint density at radius 2 is 1.29 bits per heavy atom. The SMILES string of the molecule is O=C([O-])CCCCCCC/C=C\CCCCCCCCc1cc(=O)n(-c2ccccc2)c(Nc2ccccc2)n1.[Na+]. The summed E-state index contributed by atoms with van der Waals surface area (Å²) in [5, 5.41) is 13.7. The van der Waals surface area contributed by atoms with Gasteiger partial charge in [-0.1, -0.05) is 93.5 Å². The Balaban J connectivity index is 0.00000588. The Hall–Kier alpha value is -2.67. The molecule has 7 heteroatoms. The summed E-state index contributed by atoms with van der Waals surface area (Å²) in [7, 11) is 0. The van der Waals surface area contributed by atoms with E-state index in [-0.39, 0.29) is 41.5 Å². The first-order chi connectivity index (χ1) is 19.6. The first kappa shape index (κ1) is 34.5. The number of aryl methyl sites for hydroxylation is 1. The topological polar surface area (TPSA) is 87.0 Å². The molecule has 0 radical (unpaired) electrons. The van der Waals surface area contributed by atoms with E-state index in [1.807, 2.05) is 60.7 Å². The molecular weight excluding hydrogens is 521 g/mol. The molecule has 0 saturated carbocycles. The number of anilines is 2. The Morgan fingerprint density at radius 1 is 0.756 bits per heavy atom. The molecular formula is C34H44N3NaO3. The van der Waals surface area contributed by atoms with Crippen molar-refractivity contribution in [2.75, 3.05) is 5.32 Å². The average molecular weight is 566 g/mol. The normalized spacial score (nSPS) is 10.9. The standard InChI is InChI=1S/C34H45N3O3.Na/c38-32-28-30(36-34(35-29-22-17-14-18-23-29)37(32)31-25-19-15-20-26-31)24-16-12-10-8-6-4-2-1-3-5-7-9-11-13-21-27-33(39)40;/h1,3,14-15,17-20,22-23,25-26,28H,2,4-13,16,21,24,27H2,(H,35,36)(H,39,40);/q;+1/p-1/b3-1-;. The van der Waals surface area contributed by atoms with Crippen molar-refractivity contribution in [3.8, 4) is 5.69 Å². The number of carboxylic acids is 1. The van der Waals surface area contributed by atoms with Gasteiger partial charge in [0.15, 0.2) is 0 Å². The molecule has 0 fully saturated rings. The molecule has 3 rings (SSSR count). The Bertz CT molecular complexity index is 1210. The number of aliphatic carboxylic acids is 1. The van der Waals surface area contributed by atoms with Crippen LogP contribution in [0, 0.1) is 0 Å². The first-order valence-electron chi connectivity index (χ1n) is 15.0. The maximum Gasteiger partial charge on any atom is 1.00 e. The number of unbranched alkanes of at least 4 members (excludes halogenated alkanes) is 11. The van der Waals surface area contributed by atoms with Gasteiger partial charge in [-0.2, -0.15) is 0 Å². The molecule has 0 saturated heterocycles. The predicted octanol–water partition coefficient (Wildman–Crippen LogP) is 4.29. The molecule has 0 unspecified atom stereocenters. The molecule has 41 heavy (non-hydrogen) atoms. The fourth-order valence-electron chi connectivity index (χ4n) is 4.79. The Morgan fingerprint density at radius 3 is 1.90 bits per heavy atom. The largest absolute Gasteiger partial charge is 1.00 e. The van der Waals surface area contributed by atoms with Gasteiger partial charge < -0.3 is 15.2 Å². The van der Waals surface area contributed by atoms with E-state index in [4.69, 9.17) is 4.98 Å². The monoisotopic (exact) mass is 565 g/mol. The van der Waals surface area contributed by atoms with Crippen LogP contribution in [0.3, 0.4) is 0 Å². The van der Waals surface area contributed by atoms with Gasteiger partial charge >= 0.3 is 29.6 Å². The molecule has 1 N–H and O–H groups in total. The molecule has 2 aromatic carbocycles. The van der Waals surface area contributed by atoms with Crippen LogP contribution in [0.4, 0.5) is 11.6 Å². The zero-order valence-corrected chi connectivity index (χ0v) is 26.7. The molecule has 214 valence electrons. The number of rotatable bonds is 20. The maximum atomic E-state index is 13.1. The molecule has 0 bridgehead atoms. The predicted molar refractivity (Wildman–Crippen MR) is 162 cm³/mol. The number of para-hydroxylation sites is 2. The summed E-state index contributed by atoms with van der Waals surface area (Å²) in [6, 6.07) is 21.1. The van der Waals surface area contributed by atoms with Crippen LogP contribution in [0.5, 0.6) is 0 Å². The van der Waals surface area contributed by atoms with Gasteiger partial charge in [0, 0.05) is 23.4 Å². The van der Waals surface area contributed by atoms with E-state index in [0.29, 0.717) is 5.95 Å². The van der Waals surface area contributed by atoms with Crippen molar-refractivity contribution in [3.63, 3.8) is 0 Å². The van der Waals surface area contributed by atoms with E-state index in [1.165, 1.54) is 38.5 Å². The number of allylic oxidation sites excluding steroid dienone is 2. The molecule has 0 aliphatic rings. The van der Waals surface area contributed by atoms with Crippen molar-refractivity contribution in [1.29, 1.82) is 0 Å². The average Bonchev–Trinajstić information content (AvgIpc) is 2.95. The minimum absolute atomic E-state index is 0. The summed E-state index contributed by atoms with van der Waals surface area (Å²) in [5.41, 5.74) is 2.45. The summed E-state index contributed by atoms with van der Waals surface area (Å²) in [5.74, 6) is -0.393. The van der Waals surface area contributed by atoms with E-state index < -0.39 is 5.97 Å². The second-order valence-corrected chi connectivity index (χ2v) is 10.4. The first-order valence-corrected chi connectivity index (χ1v) is 15.0. The molecule has 6 nitrogen and oxygen atoms in total. The summed E-state index contributed by atoms with van der Waals surface area (Å²) in [6.45, 7) is 0. The molecule has 3 aromatic rings. The maximum absolute atomic E-state index is 13.1. The van der Waals surface area contributed by atoms with Crippen LogP contribution in [-0.2, 0) is 11.2 Å². The van der Waals surface area contributed by atoms with Gasteiger partial charge in [-0.05, 0) is 75.6 Å². The van der Waals surface area contributed by atoms with E-state index in [9.17, 15) is 14.7 Å². The summed E-state index contributed by atoms with van der Waals surface area (Å²) >= 11 is 0. The van der Waals surface area contributed by atoms with E-state index in [2.05, 4.69) is 17.5 Å². The van der Waals surface area contributed by atoms with Crippen molar-refractivity contribution in [2.24, 2.45) is 0 Å². The Labute approximate surface area is 267 Å². The molecule has 1 aromatic heterocycles. The minimum Gasteiger partial charge on any atom is -0.550 e. The third-order valence-electron chi connectivity index (χ3n) is 6.99. The molecule has 0 aliphatic heterocycles. The van der Waals surface area contributed by atoms with Crippen LogP contribution in [-0.4, -0.2) is 15.5 Å². The van der Waals surface area contributed by atoms with Crippen molar-refractivity contribution < 1.29 is 39.5 Å². The van der Waals surface area contributed by atoms with Crippen molar-refractivity contribution in [1.82, 2.24) is 9.55 Å². The smallest absolute Gasteiger partial charge is 0.550 e. The van der Waals surface area contributed by atoms with Gasteiger partial charge in [0.25, 0.3) is 5.56 Å². The number of nitrogens with one attached hydrogen (secondary N) is 1. The van der Waals surface area contributed by atoms with Gasteiger partial charge in [-0.3, -0.25) is 4.79 Å². The van der Waals surface area contributed by atoms with Crippen LogP contribution in [0.15, 0.2) is 83.7 Å². The van der Waals surface area contributed by atoms with Crippen LogP contribution in [0.25, 0.3) is 5.69 Å². The second kappa shape index (κ2) is 21.1. The van der Waals surface area contributed by atoms with Crippen molar-refractivity contribution >= 4 is 17.6 Å². The third kappa shape index (κ3) is 14.2. The van der Waals surface area contributed by atoms with Crippen LogP contribution in [0.1, 0.15) is 95.6 Å². The number of aromatic nitrogens is 2. The molecule has 0 aliphatic carbocycles. The fraction of sp³-hybridized carbons (Fsp3) is 0.441. The molecule has 0 spiro atoms. The molecule has 0 atom stereocenters. The van der Waals surface area contributed by atoms with E-state index >= 15 is 0 Å². The fourth-order valence-corrected chi connectivity index (χ4v) is 4.79. The number of benzene rings is 2. The molecule has 0 amide bonds. The van der Waals surface area contributed by atoms with E-state index in [0.717, 1.165) is 68.4 Å². The Kier molecular flexibility index (Phi) is 17.8.